The Labute approximate surface area is 121 Å². The van der Waals surface area contributed by atoms with E-state index >= 15 is 0 Å². The van der Waals surface area contributed by atoms with Gasteiger partial charge in [0.25, 0.3) is 0 Å². The van der Waals surface area contributed by atoms with Gasteiger partial charge in [-0.05, 0) is 67.6 Å². The molecule has 0 radical (unpaired) electrons. The minimum atomic E-state index is 0.211. The van der Waals surface area contributed by atoms with Crippen LogP contribution in [0.1, 0.15) is 40.8 Å². The summed E-state index contributed by atoms with van der Waals surface area (Å²) in [4.78, 5) is 0. The van der Waals surface area contributed by atoms with Crippen LogP contribution in [0.15, 0.2) is 36.4 Å². The minimum absolute atomic E-state index is 0.211. The smallest absolute Gasteiger partial charge is 0.115 e. The second-order valence-electron chi connectivity index (χ2n) is 5.56. The molecule has 20 heavy (non-hydrogen) atoms. The van der Waals surface area contributed by atoms with Crippen LogP contribution in [-0.2, 0) is 6.54 Å². The van der Waals surface area contributed by atoms with Crippen LogP contribution >= 0.6 is 0 Å². The summed E-state index contributed by atoms with van der Waals surface area (Å²) in [5.41, 5.74) is 6.43. The quantitative estimate of drug-likeness (QED) is 0.873. The fraction of sp³-hybridized carbons (Fsp3) is 0.333. The molecule has 1 atom stereocenters. The maximum absolute atomic E-state index is 9.53. The van der Waals surface area contributed by atoms with E-state index in [1.54, 1.807) is 6.07 Å². The Bertz CT molecular complexity index is 604. The molecule has 0 spiro atoms. The molecule has 0 amide bonds. The number of phenolic OH excluding ortho intramolecular Hbond substituents is 1. The Morgan fingerprint density at radius 3 is 2.40 bits per heavy atom. The molecule has 0 fully saturated rings. The van der Waals surface area contributed by atoms with Crippen molar-refractivity contribution in [3.05, 3.63) is 64.2 Å². The zero-order valence-electron chi connectivity index (χ0n) is 12.7. The van der Waals surface area contributed by atoms with Crippen LogP contribution < -0.4 is 5.32 Å². The van der Waals surface area contributed by atoms with Crippen LogP contribution in [0.25, 0.3) is 0 Å². The standard InChI is InChI=1S/C18H23NO/c1-12-8-14(3)17(9-13(12)2)11-19-15(4)16-6-5-7-18(20)10-16/h5-10,15,19-20H,11H2,1-4H3. The number of phenols is 1. The van der Waals surface area contributed by atoms with E-state index in [0.29, 0.717) is 5.75 Å². The lowest BCUT2D eigenvalue weighted by Crippen LogP contribution is -2.18. The van der Waals surface area contributed by atoms with Crippen molar-refractivity contribution in [2.24, 2.45) is 0 Å². The number of aryl methyl sites for hydroxylation is 3. The van der Waals surface area contributed by atoms with Crippen molar-refractivity contribution in [1.82, 2.24) is 5.32 Å². The van der Waals surface area contributed by atoms with Crippen LogP contribution in [0, 0.1) is 20.8 Å². The molecule has 0 saturated carbocycles. The van der Waals surface area contributed by atoms with E-state index in [4.69, 9.17) is 0 Å². The van der Waals surface area contributed by atoms with Crippen molar-refractivity contribution >= 4 is 0 Å². The highest BCUT2D eigenvalue weighted by atomic mass is 16.3. The predicted octanol–water partition coefficient (Wildman–Crippen LogP) is 4.17. The number of benzene rings is 2. The molecule has 2 rings (SSSR count). The fourth-order valence-corrected chi connectivity index (χ4v) is 2.39. The van der Waals surface area contributed by atoms with Crippen molar-refractivity contribution in [3.63, 3.8) is 0 Å². The Hall–Kier alpha value is -1.80. The molecular weight excluding hydrogens is 246 g/mol. The molecule has 2 nitrogen and oxygen atoms in total. The molecule has 0 aliphatic heterocycles. The molecule has 0 aliphatic carbocycles. The van der Waals surface area contributed by atoms with Gasteiger partial charge in [-0.2, -0.15) is 0 Å². The predicted molar refractivity (Wildman–Crippen MR) is 84.0 cm³/mol. The van der Waals surface area contributed by atoms with E-state index in [0.717, 1.165) is 12.1 Å². The molecule has 1 unspecified atom stereocenters. The zero-order valence-corrected chi connectivity index (χ0v) is 12.7. The topological polar surface area (TPSA) is 32.3 Å². The van der Waals surface area contributed by atoms with Crippen LogP contribution in [0.3, 0.4) is 0 Å². The summed E-state index contributed by atoms with van der Waals surface area (Å²) in [5.74, 6) is 0.318. The first-order chi connectivity index (χ1) is 9.47. The van der Waals surface area contributed by atoms with Gasteiger partial charge < -0.3 is 10.4 Å². The summed E-state index contributed by atoms with van der Waals surface area (Å²) in [6.07, 6.45) is 0. The summed E-state index contributed by atoms with van der Waals surface area (Å²) < 4.78 is 0. The monoisotopic (exact) mass is 269 g/mol. The summed E-state index contributed by atoms with van der Waals surface area (Å²) in [5, 5.41) is 13.0. The van der Waals surface area contributed by atoms with Gasteiger partial charge in [0, 0.05) is 12.6 Å². The molecule has 2 aromatic rings. The third kappa shape index (κ3) is 3.40. The molecular formula is C18H23NO. The van der Waals surface area contributed by atoms with Gasteiger partial charge >= 0.3 is 0 Å². The lowest BCUT2D eigenvalue weighted by Gasteiger charge is -2.16. The van der Waals surface area contributed by atoms with Gasteiger partial charge in [-0.25, -0.2) is 0 Å². The highest BCUT2D eigenvalue weighted by molar-refractivity contribution is 5.36. The average Bonchev–Trinajstić information content (AvgIpc) is 2.41. The van der Waals surface area contributed by atoms with Crippen molar-refractivity contribution < 1.29 is 5.11 Å². The highest BCUT2D eigenvalue weighted by Gasteiger charge is 2.07. The maximum Gasteiger partial charge on any atom is 0.115 e. The average molecular weight is 269 g/mol. The molecule has 0 saturated heterocycles. The second-order valence-corrected chi connectivity index (χ2v) is 5.56. The zero-order chi connectivity index (χ0) is 14.7. The lowest BCUT2D eigenvalue weighted by molar-refractivity contribution is 0.472. The Morgan fingerprint density at radius 2 is 1.70 bits per heavy atom. The van der Waals surface area contributed by atoms with E-state index in [1.165, 1.54) is 22.3 Å². The Morgan fingerprint density at radius 1 is 1.00 bits per heavy atom. The van der Waals surface area contributed by atoms with Gasteiger partial charge in [0.15, 0.2) is 0 Å². The molecule has 0 aromatic heterocycles. The molecule has 0 aliphatic rings. The van der Waals surface area contributed by atoms with Crippen molar-refractivity contribution in [2.75, 3.05) is 0 Å². The molecule has 106 valence electrons. The lowest BCUT2D eigenvalue weighted by atomic mass is 10.0. The first-order valence-electron chi connectivity index (χ1n) is 7.06. The molecule has 2 aromatic carbocycles. The summed E-state index contributed by atoms with van der Waals surface area (Å²) in [7, 11) is 0. The van der Waals surface area contributed by atoms with Crippen molar-refractivity contribution in [2.45, 2.75) is 40.3 Å². The van der Waals surface area contributed by atoms with Gasteiger partial charge in [-0.1, -0.05) is 24.3 Å². The van der Waals surface area contributed by atoms with E-state index in [2.05, 4.69) is 45.1 Å². The second kappa shape index (κ2) is 6.10. The molecule has 0 bridgehead atoms. The number of hydrogen-bond acceptors (Lipinski definition) is 2. The number of aromatic hydroxyl groups is 1. The van der Waals surface area contributed by atoms with Crippen LogP contribution in [0.2, 0.25) is 0 Å². The SMILES string of the molecule is Cc1cc(C)c(CNC(C)c2cccc(O)c2)cc1C. The van der Waals surface area contributed by atoms with Crippen molar-refractivity contribution in [3.8, 4) is 5.75 Å². The van der Waals surface area contributed by atoms with Gasteiger partial charge in [-0.15, -0.1) is 0 Å². The van der Waals surface area contributed by atoms with E-state index in [1.807, 2.05) is 18.2 Å². The summed E-state index contributed by atoms with van der Waals surface area (Å²) in [6.45, 7) is 9.41. The first kappa shape index (κ1) is 14.6. The Kier molecular flexibility index (Phi) is 4.46. The van der Waals surface area contributed by atoms with Crippen LogP contribution in [-0.4, -0.2) is 5.11 Å². The van der Waals surface area contributed by atoms with Crippen LogP contribution in [0.4, 0.5) is 0 Å². The summed E-state index contributed by atoms with van der Waals surface area (Å²) >= 11 is 0. The largest absolute Gasteiger partial charge is 0.508 e. The Balaban J connectivity index is 2.07. The molecule has 0 heterocycles. The van der Waals surface area contributed by atoms with Gasteiger partial charge in [0.05, 0.1) is 0 Å². The maximum atomic E-state index is 9.53. The summed E-state index contributed by atoms with van der Waals surface area (Å²) in [6, 6.07) is 12.1. The third-order valence-corrected chi connectivity index (χ3v) is 3.92. The van der Waals surface area contributed by atoms with Gasteiger partial charge in [0.1, 0.15) is 5.75 Å². The highest BCUT2D eigenvalue weighted by Crippen LogP contribution is 2.20. The van der Waals surface area contributed by atoms with E-state index < -0.39 is 0 Å². The molecule has 2 N–H and O–H groups in total. The normalized spacial score (nSPS) is 12.4. The number of nitrogens with one attached hydrogen (secondary N) is 1. The van der Waals surface area contributed by atoms with Crippen LogP contribution in [0.5, 0.6) is 5.75 Å². The molecule has 2 heteroatoms. The first-order valence-corrected chi connectivity index (χ1v) is 7.06. The number of hydrogen-bond donors (Lipinski definition) is 2. The third-order valence-electron chi connectivity index (χ3n) is 3.92. The minimum Gasteiger partial charge on any atom is -0.508 e. The van der Waals surface area contributed by atoms with Gasteiger partial charge in [0.2, 0.25) is 0 Å². The number of rotatable bonds is 4. The van der Waals surface area contributed by atoms with Crippen molar-refractivity contribution in [1.29, 1.82) is 0 Å². The van der Waals surface area contributed by atoms with E-state index in [-0.39, 0.29) is 6.04 Å². The van der Waals surface area contributed by atoms with E-state index in [9.17, 15) is 5.11 Å². The fourth-order valence-electron chi connectivity index (χ4n) is 2.39. The van der Waals surface area contributed by atoms with Gasteiger partial charge in [-0.3, -0.25) is 0 Å².